The molecule has 0 aliphatic carbocycles. The van der Waals surface area contributed by atoms with Crippen molar-refractivity contribution in [3.05, 3.63) is 107 Å². The molecule has 0 bridgehead atoms. The second-order valence-electron chi connectivity index (χ2n) is 9.22. The van der Waals surface area contributed by atoms with Crippen LogP contribution in [0.5, 0.6) is 17.4 Å². The number of ether oxygens (including phenoxy) is 3. The molecule has 0 unspecified atom stereocenters. The number of oxazole rings is 1. The number of methoxy groups -OCH3 is 1. The lowest BCUT2D eigenvalue weighted by Crippen LogP contribution is -2.02. The predicted molar refractivity (Wildman–Crippen MR) is 152 cm³/mol. The predicted octanol–water partition coefficient (Wildman–Crippen LogP) is 6.46. The van der Waals surface area contributed by atoms with Crippen LogP contribution in [0, 0.1) is 13.8 Å². The molecule has 11 nitrogen and oxygen atoms in total. The average Bonchev–Trinajstić information content (AvgIpc) is 3.82. The van der Waals surface area contributed by atoms with Crippen molar-refractivity contribution in [3.63, 3.8) is 0 Å². The summed E-state index contributed by atoms with van der Waals surface area (Å²) in [5, 5.41) is 12.5. The Morgan fingerprint density at radius 2 is 1.76 bits per heavy atom. The minimum absolute atomic E-state index is 0.203. The summed E-state index contributed by atoms with van der Waals surface area (Å²) in [4.78, 5) is 4.50. The number of furan rings is 1. The van der Waals surface area contributed by atoms with E-state index < -0.39 is 0 Å². The first-order valence-corrected chi connectivity index (χ1v) is 13.1. The molecule has 0 radical (unpaired) electrons. The number of aryl methyl sites for hydroxylation is 2. The van der Waals surface area contributed by atoms with Gasteiger partial charge in [-0.05, 0) is 55.0 Å². The highest BCUT2D eigenvalue weighted by atomic mass is 16.5. The van der Waals surface area contributed by atoms with Crippen LogP contribution in [-0.4, -0.2) is 32.1 Å². The molecule has 0 aliphatic rings. The highest BCUT2D eigenvalue weighted by molar-refractivity contribution is 5.68. The summed E-state index contributed by atoms with van der Waals surface area (Å²) >= 11 is 0. The van der Waals surface area contributed by atoms with Gasteiger partial charge in [0.25, 0.3) is 5.89 Å². The Labute approximate surface area is 241 Å². The quantitative estimate of drug-likeness (QED) is 0.173. The van der Waals surface area contributed by atoms with Crippen LogP contribution in [-0.2, 0) is 13.2 Å². The SMILES string of the molecule is COc1cc(COc2nn(-c3ccccc3)cc2/C=C/c2nnc(C)o2)ccc1OCc1nc(-c2ccco2)oc1C. The number of para-hydroxylation sites is 1. The van der Waals surface area contributed by atoms with E-state index in [0.717, 1.165) is 16.8 Å². The van der Waals surface area contributed by atoms with Gasteiger partial charge in [0.05, 0.1) is 24.6 Å². The fourth-order valence-electron chi connectivity index (χ4n) is 4.14. The van der Waals surface area contributed by atoms with Crippen LogP contribution >= 0.6 is 0 Å². The third-order valence-electron chi connectivity index (χ3n) is 6.27. The molecule has 2 aromatic carbocycles. The second kappa shape index (κ2) is 11.9. The summed E-state index contributed by atoms with van der Waals surface area (Å²) in [6.07, 6.45) is 7.01. The van der Waals surface area contributed by atoms with E-state index in [1.54, 1.807) is 43.2 Å². The Morgan fingerprint density at radius 1 is 0.881 bits per heavy atom. The van der Waals surface area contributed by atoms with Gasteiger partial charge in [-0.25, -0.2) is 9.67 Å². The van der Waals surface area contributed by atoms with E-state index in [4.69, 9.17) is 27.5 Å². The van der Waals surface area contributed by atoms with Gasteiger partial charge in [0, 0.05) is 19.2 Å². The van der Waals surface area contributed by atoms with Gasteiger partial charge in [-0.2, -0.15) is 0 Å². The normalized spacial score (nSPS) is 11.3. The van der Waals surface area contributed by atoms with E-state index in [2.05, 4.69) is 20.3 Å². The Kier molecular flexibility index (Phi) is 7.54. The molecule has 0 spiro atoms. The number of rotatable bonds is 11. The van der Waals surface area contributed by atoms with Crippen LogP contribution in [0.15, 0.2) is 86.4 Å². The molecule has 0 aliphatic heterocycles. The third-order valence-corrected chi connectivity index (χ3v) is 6.27. The first kappa shape index (κ1) is 26.6. The largest absolute Gasteiger partial charge is 0.493 e. The summed E-state index contributed by atoms with van der Waals surface area (Å²) in [7, 11) is 1.59. The van der Waals surface area contributed by atoms with Gasteiger partial charge in [0.2, 0.25) is 17.7 Å². The third kappa shape index (κ3) is 5.94. The van der Waals surface area contributed by atoms with Crippen molar-refractivity contribution in [3.8, 4) is 34.7 Å². The van der Waals surface area contributed by atoms with Gasteiger partial charge in [0.1, 0.15) is 24.7 Å². The monoisotopic (exact) mass is 565 g/mol. The summed E-state index contributed by atoms with van der Waals surface area (Å²) in [6.45, 7) is 4.03. The van der Waals surface area contributed by atoms with Gasteiger partial charge in [-0.3, -0.25) is 0 Å². The van der Waals surface area contributed by atoms with Crippen LogP contribution in [0.2, 0.25) is 0 Å². The zero-order valence-electron chi connectivity index (χ0n) is 23.2. The van der Waals surface area contributed by atoms with Crippen molar-refractivity contribution in [2.45, 2.75) is 27.1 Å². The standard InChI is InChI=1S/C31H27N5O6/c1-20-25(32-31(41-20)27-10-7-15-38-27)19-39-26-13-11-22(16-28(26)37-3)18-40-30-23(12-14-29-34-33-21(2)42-29)17-36(35-30)24-8-5-4-6-9-24/h4-17H,18-19H2,1-3H3/b14-12+. The summed E-state index contributed by atoms with van der Waals surface area (Å²) in [5.41, 5.74) is 3.19. The summed E-state index contributed by atoms with van der Waals surface area (Å²) < 4.78 is 36.1. The van der Waals surface area contributed by atoms with Crippen LogP contribution in [0.1, 0.15) is 34.4 Å². The van der Waals surface area contributed by atoms with E-state index in [-0.39, 0.29) is 13.2 Å². The van der Waals surface area contributed by atoms with E-state index in [1.807, 2.05) is 67.7 Å². The lowest BCUT2D eigenvalue weighted by atomic mass is 10.2. The fraction of sp³-hybridized carbons (Fsp3) is 0.161. The number of benzene rings is 2. The van der Waals surface area contributed by atoms with Gasteiger partial charge in [0.15, 0.2) is 17.3 Å². The Bertz CT molecular complexity index is 1800. The van der Waals surface area contributed by atoms with Crippen molar-refractivity contribution in [1.82, 2.24) is 25.0 Å². The Hall–Kier alpha value is -5.58. The molecular weight excluding hydrogens is 538 g/mol. The molecule has 42 heavy (non-hydrogen) atoms. The zero-order chi connectivity index (χ0) is 28.9. The molecule has 0 amide bonds. The lowest BCUT2D eigenvalue weighted by molar-refractivity contribution is 0.275. The maximum Gasteiger partial charge on any atom is 0.263 e. The lowest BCUT2D eigenvalue weighted by Gasteiger charge is -2.12. The minimum Gasteiger partial charge on any atom is -0.493 e. The van der Waals surface area contributed by atoms with E-state index in [0.29, 0.717) is 52.3 Å². The van der Waals surface area contributed by atoms with Crippen molar-refractivity contribution in [2.24, 2.45) is 0 Å². The molecule has 212 valence electrons. The number of aromatic nitrogens is 5. The molecule has 0 fully saturated rings. The molecule has 6 aromatic rings. The zero-order valence-corrected chi connectivity index (χ0v) is 23.2. The molecule has 6 rings (SSSR count). The Morgan fingerprint density at radius 3 is 2.52 bits per heavy atom. The molecule has 0 saturated heterocycles. The van der Waals surface area contributed by atoms with Crippen molar-refractivity contribution in [1.29, 1.82) is 0 Å². The summed E-state index contributed by atoms with van der Waals surface area (Å²) in [5.74, 6) is 4.07. The maximum absolute atomic E-state index is 6.16. The Balaban J connectivity index is 1.17. The van der Waals surface area contributed by atoms with Crippen LogP contribution < -0.4 is 14.2 Å². The number of hydrogen-bond donors (Lipinski definition) is 0. The van der Waals surface area contributed by atoms with Gasteiger partial charge in [-0.1, -0.05) is 24.3 Å². The number of nitrogens with zero attached hydrogens (tertiary/aromatic N) is 5. The molecule has 11 heteroatoms. The molecule has 0 saturated carbocycles. The maximum atomic E-state index is 6.16. The second-order valence-corrected chi connectivity index (χ2v) is 9.22. The fourth-order valence-corrected chi connectivity index (χ4v) is 4.14. The van der Waals surface area contributed by atoms with E-state index >= 15 is 0 Å². The topological polar surface area (TPSA) is 124 Å². The van der Waals surface area contributed by atoms with Crippen molar-refractivity contribution in [2.75, 3.05) is 7.11 Å². The van der Waals surface area contributed by atoms with Gasteiger partial charge < -0.3 is 27.5 Å². The van der Waals surface area contributed by atoms with Crippen LogP contribution in [0.3, 0.4) is 0 Å². The van der Waals surface area contributed by atoms with E-state index in [9.17, 15) is 0 Å². The number of hydrogen-bond acceptors (Lipinski definition) is 10. The van der Waals surface area contributed by atoms with E-state index in [1.165, 1.54) is 0 Å². The van der Waals surface area contributed by atoms with Gasteiger partial charge in [-0.15, -0.1) is 15.3 Å². The highest BCUT2D eigenvalue weighted by Gasteiger charge is 2.16. The molecular formula is C31H27N5O6. The first-order valence-electron chi connectivity index (χ1n) is 13.1. The molecule has 4 aromatic heterocycles. The summed E-state index contributed by atoms with van der Waals surface area (Å²) in [6, 6.07) is 19.0. The first-order chi connectivity index (χ1) is 20.6. The molecule has 0 atom stereocenters. The average molecular weight is 566 g/mol. The minimum atomic E-state index is 0.203. The van der Waals surface area contributed by atoms with Crippen molar-refractivity contribution >= 4 is 12.2 Å². The smallest absolute Gasteiger partial charge is 0.263 e. The van der Waals surface area contributed by atoms with Crippen LogP contribution in [0.4, 0.5) is 0 Å². The van der Waals surface area contributed by atoms with Gasteiger partial charge >= 0.3 is 0 Å². The highest BCUT2D eigenvalue weighted by Crippen LogP contribution is 2.31. The van der Waals surface area contributed by atoms with Crippen molar-refractivity contribution < 1.29 is 27.5 Å². The molecule has 4 heterocycles. The van der Waals surface area contributed by atoms with Crippen LogP contribution in [0.25, 0.3) is 29.5 Å². The molecule has 0 N–H and O–H groups in total.